The second-order valence-corrected chi connectivity index (χ2v) is 13.4. The molecule has 6 aromatic rings. The lowest BCUT2D eigenvalue weighted by molar-refractivity contribution is -0.122. The van der Waals surface area contributed by atoms with Crippen LogP contribution in [0.3, 0.4) is 0 Å². The van der Waals surface area contributed by atoms with E-state index in [0.29, 0.717) is 11.1 Å². The highest BCUT2D eigenvalue weighted by Crippen LogP contribution is 2.53. The summed E-state index contributed by atoms with van der Waals surface area (Å²) in [5.74, 6) is -5.96. The molecule has 296 valence electrons. The first-order chi connectivity index (χ1) is 28.3. The first kappa shape index (κ1) is 39.2. The van der Waals surface area contributed by atoms with E-state index in [1.165, 1.54) is 0 Å². The maximum Gasteiger partial charge on any atom is 0.339 e. The van der Waals surface area contributed by atoms with Gasteiger partial charge in [0.05, 0.1) is 24.3 Å². The van der Waals surface area contributed by atoms with Crippen molar-refractivity contribution in [3.8, 4) is 45.6 Å². The van der Waals surface area contributed by atoms with Gasteiger partial charge in [0.1, 0.15) is 38.6 Å². The Balaban J connectivity index is 1.33. The molecule has 0 aliphatic carbocycles. The fourth-order valence-electron chi connectivity index (χ4n) is 6.40. The zero-order valence-electron chi connectivity index (χ0n) is 31.2. The summed E-state index contributed by atoms with van der Waals surface area (Å²) in [6.45, 7) is -0.904. The van der Waals surface area contributed by atoms with E-state index in [1.54, 1.807) is 48.5 Å². The van der Waals surface area contributed by atoms with Crippen LogP contribution in [0.1, 0.15) is 43.0 Å². The van der Waals surface area contributed by atoms with Gasteiger partial charge in [0, 0.05) is 11.1 Å². The molecule has 2 atom stereocenters. The van der Waals surface area contributed by atoms with Gasteiger partial charge in [-0.15, -0.1) is 0 Å². The number of aromatic hydroxyl groups is 4. The molecular formula is C46H40O12. The summed E-state index contributed by atoms with van der Waals surface area (Å²) in [7, 11) is 0. The zero-order valence-corrected chi connectivity index (χ0v) is 31.2. The molecule has 12 heteroatoms. The highest BCUT2D eigenvalue weighted by molar-refractivity contribution is 6.08. The van der Waals surface area contributed by atoms with Crippen molar-refractivity contribution in [2.45, 2.75) is 38.6 Å². The molecule has 0 saturated carbocycles. The standard InChI is InChI=1S/C46H40O12/c47-35-21-33-39(41(49)43(35)55-25-31-17-9-3-10-18-31)40-34(22-36(48)44(42(40)50)56-26-32-19-11-4-12-20-32)46(52)58-28-38(54-24-30-15-7-2-8-16-30)37(27-57-45(33)51)53-23-29-13-5-1-6-14-29/h1-22,37-38,47-50H,23-28H2/t37-,38-/m0/s1. The van der Waals surface area contributed by atoms with Crippen LogP contribution in [0.2, 0.25) is 0 Å². The van der Waals surface area contributed by atoms with Crippen LogP contribution < -0.4 is 9.47 Å². The minimum atomic E-state index is -1.07. The number of carbonyl (C=O) groups excluding carboxylic acids is 2. The van der Waals surface area contributed by atoms with Gasteiger partial charge in [-0.1, -0.05) is 121 Å². The fourth-order valence-corrected chi connectivity index (χ4v) is 6.40. The second-order valence-electron chi connectivity index (χ2n) is 13.4. The molecule has 0 unspecified atom stereocenters. The molecule has 0 fully saturated rings. The molecule has 1 aliphatic rings. The predicted octanol–water partition coefficient (Wildman–Crippen LogP) is 7.83. The van der Waals surface area contributed by atoms with Crippen LogP contribution >= 0.6 is 0 Å². The number of benzene rings is 6. The van der Waals surface area contributed by atoms with Crippen molar-refractivity contribution in [2.75, 3.05) is 13.2 Å². The van der Waals surface area contributed by atoms with E-state index in [0.717, 1.165) is 23.3 Å². The van der Waals surface area contributed by atoms with Crippen LogP contribution in [0.4, 0.5) is 0 Å². The molecule has 0 amide bonds. The van der Waals surface area contributed by atoms with E-state index in [4.69, 9.17) is 28.4 Å². The molecule has 0 bridgehead atoms. The predicted molar refractivity (Wildman–Crippen MR) is 211 cm³/mol. The minimum Gasteiger partial charge on any atom is -0.504 e. The third kappa shape index (κ3) is 9.15. The SMILES string of the molecule is O=C1OC[C@H](OCc2ccccc2)[C@@H](OCc2ccccc2)COC(=O)c2cc(O)c(OCc3ccccc3)c(O)c2-c2c1cc(O)c(OCc1ccccc1)c2O. The molecule has 0 aromatic heterocycles. The van der Waals surface area contributed by atoms with Gasteiger partial charge < -0.3 is 48.8 Å². The summed E-state index contributed by atoms with van der Waals surface area (Å²) in [6, 6.07) is 38.3. The molecular weight excluding hydrogens is 744 g/mol. The molecule has 0 spiro atoms. The summed E-state index contributed by atoms with van der Waals surface area (Å²) >= 11 is 0. The maximum atomic E-state index is 14.2. The van der Waals surface area contributed by atoms with Crippen molar-refractivity contribution in [3.63, 3.8) is 0 Å². The van der Waals surface area contributed by atoms with Gasteiger partial charge >= 0.3 is 11.9 Å². The first-order valence-corrected chi connectivity index (χ1v) is 18.4. The van der Waals surface area contributed by atoms with Crippen molar-refractivity contribution in [2.24, 2.45) is 0 Å². The van der Waals surface area contributed by atoms with Crippen molar-refractivity contribution >= 4 is 11.9 Å². The number of hydrogen-bond acceptors (Lipinski definition) is 12. The Morgan fingerprint density at radius 3 is 1.10 bits per heavy atom. The van der Waals surface area contributed by atoms with E-state index >= 15 is 0 Å². The van der Waals surface area contributed by atoms with Gasteiger partial charge in [0.15, 0.2) is 23.0 Å². The van der Waals surface area contributed by atoms with Crippen molar-refractivity contribution in [1.29, 1.82) is 0 Å². The second kappa shape index (κ2) is 18.3. The number of ether oxygens (including phenoxy) is 6. The molecule has 0 radical (unpaired) electrons. The Morgan fingerprint density at radius 1 is 0.466 bits per heavy atom. The lowest BCUT2D eigenvalue weighted by Gasteiger charge is -2.28. The Labute approximate surface area is 334 Å². The van der Waals surface area contributed by atoms with Crippen LogP contribution in [0.5, 0.6) is 34.5 Å². The summed E-state index contributed by atoms with van der Waals surface area (Å²) in [5, 5.41) is 46.3. The summed E-state index contributed by atoms with van der Waals surface area (Å²) in [5.41, 5.74) is 1.16. The average molecular weight is 785 g/mol. The highest BCUT2D eigenvalue weighted by Gasteiger charge is 2.36. The van der Waals surface area contributed by atoms with Gasteiger partial charge in [0.25, 0.3) is 0 Å². The van der Waals surface area contributed by atoms with E-state index in [1.807, 2.05) is 72.8 Å². The fraction of sp³-hybridized carbons (Fsp3) is 0.174. The Kier molecular flexibility index (Phi) is 12.4. The van der Waals surface area contributed by atoms with Crippen LogP contribution in [0.25, 0.3) is 11.1 Å². The number of fused-ring (bicyclic) bond motifs is 3. The van der Waals surface area contributed by atoms with E-state index in [9.17, 15) is 30.0 Å². The Hall–Kier alpha value is -7.02. The number of phenols is 4. The minimum absolute atomic E-state index is 0.0822. The first-order valence-electron chi connectivity index (χ1n) is 18.4. The topological polar surface area (TPSA) is 170 Å². The quantitative estimate of drug-likeness (QED) is 0.0889. The average Bonchev–Trinajstić information content (AvgIpc) is 3.25. The Bertz CT molecular complexity index is 2170. The van der Waals surface area contributed by atoms with Gasteiger partial charge in [-0.3, -0.25) is 0 Å². The molecule has 1 heterocycles. The van der Waals surface area contributed by atoms with Crippen molar-refractivity contribution in [1.82, 2.24) is 0 Å². The molecule has 4 N–H and O–H groups in total. The molecule has 12 nitrogen and oxygen atoms in total. The van der Waals surface area contributed by atoms with E-state index < -0.39 is 94.1 Å². The monoisotopic (exact) mass is 784 g/mol. The van der Waals surface area contributed by atoms with Gasteiger partial charge in [-0.25, -0.2) is 9.59 Å². The Morgan fingerprint density at radius 2 is 0.776 bits per heavy atom. The normalized spacial score (nSPS) is 15.4. The van der Waals surface area contributed by atoms with Crippen LogP contribution in [-0.2, 0) is 45.4 Å². The summed E-state index contributed by atoms with van der Waals surface area (Å²) in [6.07, 6.45) is -2.01. The third-order valence-corrected chi connectivity index (χ3v) is 9.40. The van der Waals surface area contributed by atoms with Crippen molar-refractivity contribution in [3.05, 3.63) is 167 Å². The lowest BCUT2D eigenvalue weighted by Crippen LogP contribution is -2.40. The highest BCUT2D eigenvalue weighted by atomic mass is 16.6. The molecule has 0 saturated heterocycles. The summed E-state index contributed by atoms with van der Waals surface area (Å²) in [4.78, 5) is 28.5. The van der Waals surface area contributed by atoms with Crippen LogP contribution in [0, 0.1) is 0 Å². The number of hydrogen-bond donors (Lipinski definition) is 4. The zero-order chi connectivity index (χ0) is 40.4. The number of phenolic OH excluding ortho intramolecular Hbond substituents is 4. The maximum absolute atomic E-state index is 14.2. The van der Waals surface area contributed by atoms with Gasteiger partial charge in [-0.2, -0.15) is 0 Å². The van der Waals surface area contributed by atoms with Gasteiger partial charge in [-0.05, 0) is 34.4 Å². The van der Waals surface area contributed by atoms with Crippen LogP contribution in [0.15, 0.2) is 133 Å². The molecule has 1 aliphatic heterocycles. The van der Waals surface area contributed by atoms with E-state index in [2.05, 4.69) is 0 Å². The third-order valence-electron chi connectivity index (χ3n) is 9.40. The number of carbonyl (C=O) groups is 2. The van der Waals surface area contributed by atoms with E-state index in [-0.39, 0.29) is 26.4 Å². The number of esters is 2. The van der Waals surface area contributed by atoms with Gasteiger partial charge in [0.2, 0.25) is 11.5 Å². The molecule has 7 rings (SSSR count). The smallest absolute Gasteiger partial charge is 0.339 e. The number of rotatable bonds is 12. The lowest BCUT2D eigenvalue weighted by atomic mass is 9.91. The van der Waals surface area contributed by atoms with Crippen molar-refractivity contribution < 1.29 is 58.4 Å². The van der Waals surface area contributed by atoms with Crippen LogP contribution in [-0.4, -0.2) is 57.8 Å². The summed E-state index contributed by atoms with van der Waals surface area (Å²) < 4.78 is 35.9. The molecule has 58 heavy (non-hydrogen) atoms. The largest absolute Gasteiger partial charge is 0.504 e. The molecule has 6 aromatic carbocycles. The number of cyclic esters (lactones) is 2.